The van der Waals surface area contributed by atoms with Gasteiger partial charge in [-0.05, 0) is 299 Å². The number of hydrogen-bond donors (Lipinski definition) is 6. The van der Waals surface area contributed by atoms with Crippen molar-refractivity contribution < 1.29 is 31.7 Å². The van der Waals surface area contributed by atoms with Crippen LogP contribution in [0, 0.1) is 55.4 Å². The summed E-state index contributed by atoms with van der Waals surface area (Å²) in [5.74, 6) is 0. The Morgan fingerprint density at radius 3 is 1.30 bits per heavy atom. The number of imidazole rings is 1. The second kappa shape index (κ2) is 46.2. The average molecular weight is 1820 g/mol. The zero-order chi connectivity index (χ0) is 81.6. The third-order valence-corrected chi connectivity index (χ3v) is 24.0. The zero-order valence-electron chi connectivity index (χ0n) is 65.2. The first-order valence-electron chi connectivity index (χ1n) is 34.1. The third-order valence-electron chi connectivity index (χ3n) is 14.9. The number of nitrogens with one attached hydrogen (secondary N) is 2. The van der Waals surface area contributed by atoms with Crippen LogP contribution in [-0.2, 0) is 63.6 Å². The number of aryl methyl sites for hydroxylation is 8. The number of aldehydes is 1. The Kier molecular flexibility index (Phi) is 41.2. The van der Waals surface area contributed by atoms with E-state index in [0.29, 0.717) is 35.9 Å². The van der Waals surface area contributed by atoms with Gasteiger partial charge in [0.1, 0.15) is 21.9 Å². The van der Waals surface area contributed by atoms with Crippen molar-refractivity contribution in [3.8, 4) is 22.3 Å². The Morgan fingerprint density at radius 1 is 0.509 bits per heavy atom. The van der Waals surface area contributed by atoms with E-state index in [2.05, 4.69) is 171 Å². The summed E-state index contributed by atoms with van der Waals surface area (Å²) in [7, 11) is -5.82. The Balaban J connectivity index is 0.000000326. The summed E-state index contributed by atoms with van der Waals surface area (Å²) in [4.78, 5) is 30.5. The van der Waals surface area contributed by atoms with Crippen LogP contribution in [0.3, 0.4) is 0 Å². The molecule has 4 atom stereocenters. The normalized spacial score (nSPS) is 12.3. The molecular weight excluding hydrogens is 1720 g/mol. The molecule has 0 aliphatic carbocycles. The summed E-state index contributed by atoms with van der Waals surface area (Å²) >= 11 is 19.3. The molecule has 0 fully saturated rings. The van der Waals surface area contributed by atoms with Crippen LogP contribution in [0.25, 0.3) is 27.9 Å². The summed E-state index contributed by atoms with van der Waals surface area (Å²) in [6.07, 6.45) is 12.8. The molecule has 108 heavy (non-hydrogen) atoms. The average Bonchev–Trinajstić information content (AvgIpc) is 1.58. The van der Waals surface area contributed by atoms with Gasteiger partial charge < -0.3 is 15.8 Å². The number of pyridine rings is 3. The number of nitrogens with two attached hydrogens (primary N) is 2. The van der Waals surface area contributed by atoms with Crippen molar-refractivity contribution in [2.75, 3.05) is 0 Å². The molecule has 5 heterocycles. The van der Waals surface area contributed by atoms with Gasteiger partial charge in [0, 0.05) is 92.9 Å². The molecule has 0 saturated carbocycles. The molecule has 0 spiro atoms. The van der Waals surface area contributed by atoms with E-state index in [1.54, 1.807) is 56.1 Å². The number of rotatable bonds is 13. The molecule has 5 aromatic heterocycles. The molecule has 0 bridgehead atoms. The van der Waals surface area contributed by atoms with Crippen molar-refractivity contribution in [1.29, 1.82) is 0 Å². The second-order valence-corrected chi connectivity index (χ2v) is 40.2. The van der Waals surface area contributed by atoms with Crippen molar-refractivity contribution in [1.82, 2.24) is 38.8 Å². The van der Waals surface area contributed by atoms with E-state index in [-0.39, 0.29) is 19.0 Å². The Labute approximate surface area is 689 Å². The molecule has 18 nitrogen and oxygen atoms in total. The molecule has 10 aromatic rings. The zero-order valence-corrected chi connectivity index (χ0v) is 75.6. The van der Waals surface area contributed by atoms with E-state index in [1.807, 2.05) is 189 Å². The summed E-state index contributed by atoms with van der Waals surface area (Å²) < 4.78 is 61.0. The fraction of sp³-hybridized carbons (Fsp3) is 0.338. The van der Waals surface area contributed by atoms with Gasteiger partial charge in [0.15, 0.2) is 10.8 Å². The number of nitrogens with zero attached hydrogens (tertiary/aromatic N) is 7. The first-order valence-corrected chi connectivity index (χ1v) is 42.3. The molecule has 0 aliphatic rings. The Bertz CT molecular complexity index is 4700. The van der Waals surface area contributed by atoms with Gasteiger partial charge in [0.05, 0.1) is 58.1 Å². The highest BCUT2D eigenvalue weighted by atomic mass is 79.9. The van der Waals surface area contributed by atoms with Gasteiger partial charge in [0.2, 0.25) is 0 Å². The van der Waals surface area contributed by atoms with Crippen LogP contribution in [0.5, 0.6) is 0 Å². The second-order valence-electron chi connectivity index (χ2n) is 28.6. The highest BCUT2D eigenvalue weighted by molar-refractivity contribution is 9.11. The molecule has 582 valence electrons. The fourth-order valence-electron chi connectivity index (χ4n) is 8.65. The molecule has 4 unspecified atom stereocenters. The highest BCUT2D eigenvalue weighted by Gasteiger charge is 2.21. The molecule has 0 aliphatic heterocycles. The Hall–Kier alpha value is -5.86. The predicted octanol–water partition coefficient (Wildman–Crippen LogP) is 17.9. The Morgan fingerprint density at radius 2 is 0.917 bits per heavy atom. The number of carbonyl (C=O) groups is 1. The lowest BCUT2D eigenvalue weighted by molar-refractivity contribution is 0.112. The largest absolute Gasteiger partial charge is 0.488 e. The van der Waals surface area contributed by atoms with Gasteiger partial charge in [-0.1, -0.05) is 120 Å². The van der Waals surface area contributed by atoms with Crippen LogP contribution in [0.4, 0.5) is 0 Å². The van der Waals surface area contributed by atoms with Crippen LogP contribution >= 0.6 is 75.3 Å². The molecule has 0 amide bonds. The summed E-state index contributed by atoms with van der Waals surface area (Å²) in [6.45, 7) is 40.9. The van der Waals surface area contributed by atoms with Gasteiger partial charge in [0.25, 0.3) is 0 Å². The van der Waals surface area contributed by atoms with E-state index in [0.717, 1.165) is 74.8 Å². The molecule has 5 aromatic carbocycles. The molecule has 10 rings (SSSR count). The molecule has 0 radical (unpaired) electrons. The van der Waals surface area contributed by atoms with E-state index in [9.17, 15) is 21.6 Å². The maximum atomic E-state index is 12.0. The van der Waals surface area contributed by atoms with Gasteiger partial charge >= 0.3 is 7.12 Å². The lowest BCUT2D eigenvalue weighted by Crippen LogP contribution is -2.32. The van der Waals surface area contributed by atoms with Crippen LogP contribution in [0.15, 0.2) is 187 Å². The van der Waals surface area contributed by atoms with E-state index in [4.69, 9.17) is 32.5 Å². The number of fused-ring (bicyclic) bond motifs is 1. The van der Waals surface area contributed by atoms with Crippen LogP contribution in [0.2, 0.25) is 5.15 Å². The smallest absolute Gasteiger partial charge is 0.423 e. The van der Waals surface area contributed by atoms with Crippen molar-refractivity contribution >= 4 is 150 Å². The van der Waals surface area contributed by atoms with Crippen LogP contribution < -0.4 is 25.8 Å². The maximum Gasteiger partial charge on any atom is 0.488 e. The molecular formula is C80H103BBr4ClN11O7S4. The quantitative estimate of drug-likeness (QED) is 0.0356. The maximum absolute atomic E-state index is 12.0. The van der Waals surface area contributed by atoms with E-state index in [1.165, 1.54) is 44.5 Å². The van der Waals surface area contributed by atoms with Crippen molar-refractivity contribution in [2.24, 2.45) is 15.3 Å². The van der Waals surface area contributed by atoms with E-state index < -0.39 is 51.1 Å². The molecule has 8 N–H and O–H groups in total. The van der Waals surface area contributed by atoms with Crippen LogP contribution in [-0.4, -0.2) is 94.8 Å². The van der Waals surface area contributed by atoms with Gasteiger partial charge in [-0.3, -0.25) is 29.3 Å². The standard InChI is InChI=1S/C18H24N2OS.C14H16N2.C12H18BrNOS.C12H16BrNOS.C8H7BrO.C6H8BNO2.C6H3BrClN3.C4H11NOS/c1-13-10-15(12-20-22(21)18(3,4)5)6-7-17(13)16-8-9-19-14(2)11-16;1-10-7-12(9-15)3-4-14(10)13-5-6-16-11(2)8-13;2*1-9-7-10(5-6-11(9)13)8-14-16(15)12(2,3)4;1-6-4-7(5-10)2-3-8(6)9;1-5-4-6(7(9)10)2-3-8-5;7-4-3-10-6-5(8)9-1-2-11(4)6;1-4(2,3)7(5)6/h6-11,20H,12H2,1-5H3;3-8H,9,15H2,1-2H3;5-7,14H,8H2,1-4H3;5-8H,1-4H3;2-5H,1H3;2-4,9-10H,1H3;1-3H;5H2,1-3H3. The summed E-state index contributed by atoms with van der Waals surface area (Å²) in [6, 6.07) is 41.7. The third kappa shape index (κ3) is 35.2. The topological polar surface area (TPSA) is 283 Å². The lowest BCUT2D eigenvalue weighted by atomic mass is 9.81. The number of hydrogen-bond acceptors (Lipinski definition) is 13. The van der Waals surface area contributed by atoms with Gasteiger partial charge in [-0.2, -0.15) is 4.40 Å². The van der Waals surface area contributed by atoms with Crippen molar-refractivity contribution in [3.63, 3.8) is 0 Å². The minimum Gasteiger partial charge on any atom is -0.423 e. The summed E-state index contributed by atoms with van der Waals surface area (Å²) in [5.41, 5.74) is 25.5. The first-order chi connectivity index (χ1) is 50.2. The predicted molar refractivity (Wildman–Crippen MR) is 470 cm³/mol. The number of halogens is 5. The molecule has 0 saturated heterocycles. The minimum atomic E-state index is -1.39. The number of benzene rings is 5. The number of aromatic nitrogens is 6. The van der Waals surface area contributed by atoms with Gasteiger partial charge in [-0.15, -0.1) is 0 Å². The van der Waals surface area contributed by atoms with Crippen molar-refractivity contribution in [3.05, 3.63) is 260 Å². The van der Waals surface area contributed by atoms with Gasteiger partial charge in [-0.25, -0.2) is 36.2 Å². The summed E-state index contributed by atoms with van der Waals surface area (Å²) in [5, 5.41) is 22.8. The molecule has 28 heteroatoms. The monoisotopic (exact) mass is 1820 g/mol. The lowest BCUT2D eigenvalue weighted by Gasteiger charge is -2.18. The highest BCUT2D eigenvalue weighted by Crippen LogP contribution is 2.27. The SMILES string of the molecule is CC(C)(C)S(N)=O.Cc1cc(-c2ccc(CN)cc2C)ccn1.Cc1cc(-c2ccc(CNS(=O)C(C)(C)C)cc2C)ccn1.Cc1cc(B(O)O)ccn1.Cc1cc(C=NS(=O)C(C)(C)C)ccc1Br.Cc1cc(C=O)ccc1Br.Cc1cc(CNS(=O)C(C)(C)C)ccc1Br.Clc1nccn2c(Br)cnc12. The van der Waals surface area contributed by atoms with E-state index >= 15 is 0 Å². The van der Waals surface area contributed by atoms with Crippen molar-refractivity contribution in [2.45, 2.75) is 177 Å². The van der Waals surface area contributed by atoms with Crippen LogP contribution in [0.1, 0.15) is 161 Å². The fourth-order valence-corrected chi connectivity index (χ4v) is 12.0. The minimum absolute atomic E-state index is 0.218. The number of carbonyl (C=O) groups excluding carboxylic acids is 1. The first kappa shape index (κ1) is 96.3.